The van der Waals surface area contributed by atoms with Gasteiger partial charge in [-0.2, -0.15) is 0 Å². The average Bonchev–Trinajstić information content (AvgIpc) is 2.63. The molecule has 2 aromatic rings. The number of aldehydes is 1. The molecule has 0 spiro atoms. The number of hydrogen-bond donors (Lipinski definition) is 0. The van der Waals surface area contributed by atoms with Gasteiger partial charge in [-0.25, -0.2) is 9.97 Å². The van der Waals surface area contributed by atoms with Crippen LogP contribution in [0.2, 0.25) is 5.15 Å². The normalized spacial score (nSPS) is 16.9. The molecule has 0 unspecified atom stereocenters. The lowest BCUT2D eigenvalue weighted by atomic mass is 9.98. The van der Waals surface area contributed by atoms with Gasteiger partial charge in [0.2, 0.25) is 5.95 Å². The maximum atomic E-state index is 11.7. The van der Waals surface area contributed by atoms with Crippen molar-refractivity contribution in [3.05, 3.63) is 52.8 Å². The third-order valence-electron chi connectivity index (χ3n) is 4.67. The maximum Gasteiger partial charge on any atom is 0.226 e. The molecule has 0 amide bonds. The number of aromatic nitrogens is 2. The highest BCUT2D eigenvalue weighted by molar-refractivity contribution is 6.29. The molecule has 1 aromatic carbocycles. The van der Waals surface area contributed by atoms with E-state index < -0.39 is 0 Å². The van der Waals surface area contributed by atoms with Crippen LogP contribution in [-0.2, 0) is 4.79 Å². The van der Waals surface area contributed by atoms with Crippen molar-refractivity contribution in [1.29, 1.82) is 0 Å². The smallest absolute Gasteiger partial charge is 0.226 e. The Morgan fingerprint density at radius 1 is 1.04 bits per heavy atom. The van der Waals surface area contributed by atoms with Crippen molar-refractivity contribution in [1.82, 2.24) is 14.9 Å². The Kier molecular flexibility index (Phi) is 5.66. The highest BCUT2D eigenvalue weighted by atomic mass is 35.5. The minimum atomic E-state index is -0.205. The fourth-order valence-corrected chi connectivity index (χ4v) is 3.27. The number of rotatable bonds is 5. The van der Waals surface area contributed by atoms with Crippen LogP contribution < -0.4 is 4.90 Å². The number of halogens is 1. The summed E-state index contributed by atoms with van der Waals surface area (Å²) >= 11 is 5.95. The zero-order valence-electron chi connectivity index (χ0n) is 14.6. The molecule has 5 nitrogen and oxygen atoms in total. The second kappa shape index (κ2) is 7.93. The summed E-state index contributed by atoms with van der Waals surface area (Å²) in [5.41, 5.74) is 2.34. The van der Waals surface area contributed by atoms with E-state index in [0.29, 0.717) is 17.0 Å². The third-order valence-corrected chi connectivity index (χ3v) is 4.88. The molecule has 3 rings (SSSR count). The quantitative estimate of drug-likeness (QED) is 0.606. The summed E-state index contributed by atoms with van der Waals surface area (Å²) in [4.78, 5) is 24.6. The van der Waals surface area contributed by atoms with Gasteiger partial charge < -0.3 is 9.69 Å². The van der Waals surface area contributed by atoms with Crippen LogP contribution in [0.25, 0.3) is 0 Å². The predicted molar refractivity (Wildman–Crippen MR) is 100 cm³/mol. The molecule has 1 atom stereocenters. The fraction of sp³-hybridized carbons (Fsp3) is 0.421. The van der Waals surface area contributed by atoms with Crippen LogP contribution in [0, 0.1) is 0 Å². The van der Waals surface area contributed by atoms with Crippen LogP contribution in [0.3, 0.4) is 0 Å². The molecule has 6 heteroatoms. The van der Waals surface area contributed by atoms with Gasteiger partial charge in [0.05, 0.1) is 6.04 Å². The summed E-state index contributed by atoms with van der Waals surface area (Å²) in [6.07, 6.45) is 2.71. The van der Waals surface area contributed by atoms with E-state index in [1.165, 1.54) is 5.56 Å². The van der Waals surface area contributed by atoms with E-state index in [0.717, 1.165) is 38.0 Å². The van der Waals surface area contributed by atoms with E-state index in [4.69, 9.17) is 11.6 Å². The lowest BCUT2D eigenvalue weighted by Crippen LogP contribution is -2.48. The molecule has 25 heavy (non-hydrogen) atoms. The van der Waals surface area contributed by atoms with Gasteiger partial charge in [-0.15, -0.1) is 0 Å². The lowest BCUT2D eigenvalue weighted by molar-refractivity contribution is -0.112. The number of carbonyl (C=O) groups is 1. The zero-order chi connectivity index (χ0) is 17.8. The molecule has 0 radical (unpaired) electrons. The van der Waals surface area contributed by atoms with E-state index in [1.807, 2.05) is 0 Å². The molecule has 1 aliphatic rings. The van der Waals surface area contributed by atoms with Crippen molar-refractivity contribution >= 4 is 23.8 Å². The van der Waals surface area contributed by atoms with Crippen LogP contribution in [0.1, 0.15) is 36.9 Å². The second-order valence-corrected chi connectivity index (χ2v) is 6.99. The molecule has 1 aromatic heterocycles. The predicted octanol–water partition coefficient (Wildman–Crippen LogP) is 3.32. The molecule has 132 valence electrons. The van der Waals surface area contributed by atoms with E-state index in [-0.39, 0.29) is 6.04 Å². The number of hydrogen-bond acceptors (Lipinski definition) is 5. The van der Waals surface area contributed by atoms with Crippen molar-refractivity contribution < 1.29 is 4.79 Å². The Balaban J connectivity index is 1.67. The lowest BCUT2D eigenvalue weighted by Gasteiger charge is -2.37. The Morgan fingerprint density at radius 2 is 1.68 bits per heavy atom. The van der Waals surface area contributed by atoms with Crippen LogP contribution in [0.15, 0.2) is 36.5 Å². The summed E-state index contributed by atoms with van der Waals surface area (Å²) in [7, 11) is 0. The van der Waals surface area contributed by atoms with Gasteiger partial charge in [-0.1, -0.05) is 49.7 Å². The first kappa shape index (κ1) is 17.8. The van der Waals surface area contributed by atoms with Crippen LogP contribution >= 0.6 is 11.6 Å². The largest absolute Gasteiger partial charge is 0.338 e. The summed E-state index contributed by atoms with van der Waals surface area (Å²) in [5.74, 6) is 1.14. The third kappa shape index (κ3) is 4.17. The molecular formula is C19H23ClN4O. The summed E-state index contributed by atoms with van der Waals surface area (Å²) in [6, 6.07) is 9.84. The van der Waals surface area contributed by atoms with Gasteiger partial charge in [0.25, 0.3) is 0 Å². The monoisotopic (exact) mass is 358 g/mol. The van der Waals surface area contributed by atoms with Gasteiger partial charge in [0.15, 0.2) is 0 Å². The SMILES string of the molecule is CC(C)c1ccc([C@@H](C=O)N2CCN(c3nccc(Cl)n3)CC2)cc1. The van der Waals surface area contributed by atoms with Gasteiger partial charge in [0.1, 0.15) is 11.4 Å². The topological polar surface area (TPSA) is 49.3 Å². The molecule has 1 fully saturated rings. The first-order valence-corrected chi connectivity index (χ1v) is 8.99. The van der Waals surface area contributed by atoms with Crippen molar-refractivity contribution in [2.75, 3.05) is 31.1 Å². The Bertz CT molecular complexity index is 712. The minimum Gasteiger partial charge on any atom is -0.338 e. The molecule has 0 saturated carbocycles. The first-order valence-electron chi connectivity index (χ1n) is 8.61. The standard InChI is InChI=1S/C19H23ClN4O/c1-14(2)15-3-5-16(6-4-15)17(13-25)23-9-11-24(12-10-23)19-21-8-7-18(20)22-19/h3-8,13-14,17H,9-12H2,1-2H3/t17-/m1/s1. The average molecular weight is 359 g/mol. The molecular weight excluding hydrogens is 336 g/mol. The molecule has 1 aliphatic heterocycles. The van der Waals surface area contributed by atoms with Crippen LogP contribution in [-0.4, -0.2) is 47.3 Å². The number of carbonyl (C=O) groups excluding carboxylic acids is 1. The van der Waals surface area contributed by atoms with Crippen LogP contribution in [0.4, 0.5) is 5.95 Å². The van der Waals surface area contributed by atoms with Crippen LogP contribution in [0.5, 0.6) is 0 Å². The molecule has 0 bridgehead atoms. The van der Waals surface area contributed by atoms with E-state index in [1.54, 1.807) is 12.3 Å². The van der Waals surface area contributed by atoms with Gasteiger partial charge >= 0.3 is 0 Å². The van der Waals surface area contributed by atoms with E-state index >= 15 is 0 Å². The maximum absolute atomic E-state index is 11.7. The van der Waals surface area contributed by atoms with Gasteiger partial charge in [0, 0.05) is 32.4 Å². The summed E-state index contributed by atoms with van der Waals surface area (Å²) in [5, 5.41) is 0.448. The summed E-state index contributed by atoms with van der Waals surface area (Å²) in [6.45, 7) is 7.45. The second-order valence-electron chi connectivity index (χ2n) is 6.60. The highest BCUT2D eigenvalue weighted by Crippen LogP contribution is 2.24. The van der Waals surface area contributed by atoms with Gasteiger partial charge in [-0.05, 0) is 23.1 Å². The minimum absolute atomic E-state index is 0.205. The fourth-order valence-electron chi connectivity index (χ4n) is 3.13. The molecule has 0 N–H and O–H groups in total. The summed E-state index contributed by atoms with van der Waals surface area (Å²) < 4.78 is 0. The molecule has 1 saturated heterocycles. The molecule has 2 heterocycles. The van der Waals surface area contributed by atoms with Crippen molar-refractivity contribution in [3.8, 4) is 0 Å². The van der Waals surface area contributed by atoms with Crippen molar-refractivity contribution in [2.24, 2.45) is 0 Å². The van der Waals surface area contributed by atoms with Crippen molar-refractivity contribution in [3.63, 3.8) is 0 Å². The first-order chi connectivity index (χ1) is 12.1. The zero-order valence-corrected chi connectivity index (χ0v) is 15.4. The van der Waals surface area contributed by atoms with Crippen molar-refractivity contribution in [2.45, 2.75) is 25.8 Å². The molecule has 0 aliphatic carbocycles. The number of piperazine rings is 1. The van der Waals surface area contributed by atoms with E-state index in [2.05, 4.69) is 57.9 Å². The highest BCUT2D eigenvalue weighted by Gasteiger charge is 2.25. The number of benzene rings is 1. The Hall–Kier alpha value is -1.98. The van der Waals surface area contributed by atoms with E-state index in [9.17, 15) is 4.79 Å². The number of nitrogens with zero attached hydrogens (tertiary/aromatic N) is 4. The van der Waals surface area contributed by atoms with Gasteiger partial charge in [-0.3, -0.25) is 4.90 Å². The number of anilines is 1. The Morgan fingerprint density at radius 3 is 2.24 bits per heavy atom. The Labute approximate surface area is 153 Å².